The first-order valence-electron chi connectivity index (χ1n) is 6.29. The van der Waals surface area contributed by atoms with Gasteiger partial charge in [0.15, 0.2) is 5.78 Å². The zero-order chi connectivity index (χ0) is 12.6. The maximum absolute atomic E-state index is 12.4. The van der Waals surface area contributed by atoms with E-state index in [1.807, 2.05) is 12.1 Å². The van der Waals surface area contributed by atoms with Crippen molar-refractivity contribution >= 4 is 27.2 Å². The molecule has 0 saturated heterocycles. The van der Waals surface area contributed by atoms with Gasteiger partial charge in [0.1, 0.15) is 5.60 Å². The molecule has 0 atom stereocenters. The highest BCUT2D eigenvalue weighted by molar-refractivity contribution is 7.17. The van der Waals surface area contributed by atoms with Crippen LogP contribution in [0.2, 0.25) is 0 Å². The Balaban J connectivity index is 1.86. The molecule has 1 aromatic carbocycles. The molecule has 0 bridgehead atoms. The Morgan fingerprint density at radius 3 is 2.83 bits per heavy atom. The zero-order valence-electron chi connectivity index (χ0n) is 10.4. The van der Waals surface area contributed by atoms with Crippen LogP contribution < -0.4 is 0 Å². The molecule has 0 spiro atoms. The molecule has 0 amide bonds. The quantitative estimate of drug-likeness (QED) is 0.840. The number of fused-ring (bicyclic) bond motifs is 1. The predicted molar refractivity (Wildman–Crippen MR) is 74.1 cm³/mol. The Bertz CT molecular complexity index is 575. The van der Waals surface area contributed by atoms with Crippen molar-refractivity contribution in [3.63, 3.8) is 0 Å². The lowest BCUT2D eigenvalue weighted by atomic mass is 9.75. The molecule has 2 aromatic rings. The summed E-state index contributed by atoms with van der Waals surface area (Å²) in [5.74, 6) is 0.236. The van der Waals surface area contributed by atoms with Gasteiger partial charge >= 0.3 is 0 Å². The highest BCUT2D eigenvalue weighted by Gasteiger charge is 2.43. The van der Waals surface area contributed by atoms with Gasteiger partial charge in [0.2, 0.25) is 0 Å². The van der Waals surface area contributed by atoms with E-state index >= 15 is 0 Å². The summed E-state index contributed by atoms with van der Waals surface area (Å²) < 4.78 is 6.70. The van der Waals surface area contributed by atoms with Gasteiger partial charge in [0.05, 0.1) is 0 Å². The molecule has 0 unspecified atom stereocenters. The highest BCUT2D eigenvalue weighted by atomic mass is 32.1. The second-order valence-electron chi connectivity index (χ2n) is 4.91. The molecular formula is C15H16O2S. The summed E-state index contributed by atoms with van der Waals surface area (Å²) in [4.78, 5) is 12.4. The maximum Gasteiger partial charge on any atom is 0.169 e. The molecular weight excluding hydrogens is 244 g/mol. The molecule has 1 heterocycles. The Hall–Kier alpha value is -1.19. The van der Waals surface area contributed by atoms with Crippen LogP contribution in [0.1, 0.15) is 24.8 Å². The van der Waals surface area contributed by atoms with E-state index < -0.39 is 5.60 Å². The van der Waals surface area contributed by atoms with Crippen molar-refractivity contribution in [3.05, 3.63) is 35.2 Å². The number of carbonyl (C=O) groups excluding carboxylic acids is 1. The summed E-state index contributed by atoms with van der Waals surface area (Å²) in [5.41, 5.74) is 0.659. The molecule has 2 nitrogen and oxygen atoms in total. The van der Waals surface area contributed by atoms with E-state index in [1.165, 1.54) is 10.1 Å². The van der Waals surface area contributed by atoms with Crippen LogP contribution in [0.4, 0.5) is 0 Å². The monoisotopic (exact) mass is 260 g/mol. The Kier molecular flexibility index (Phi) is 2.96. The van der Waals surface area contributed by atoms with Gasteiger partial charge < -0.3 is 4.74 Å². The molecule has 1 fully saturated rings. The smallest absolute Gasteiger partial charge is 0.169 e. The molecule has 94 valence electrons. The number of Topliss-reactive ketones (excluding diaryl/α,β-unsaturated/α-hetero) is 1. The standard InChI is InChI=1S/C15H16O2S/c1-17-15(7-4-8-15)14(16)9-11-10-18-13-6-3-2-5-12(11)13/h2-3,5-6,10H,4,7-9H2,1H3. The number of hydrogen-bond acceptors (Lipinski definition) is 3. The Morgan fingerprint density at radius 2 is 2.17 bits per heavy atom. The van der Waals surface area contributed by atoms with Crippen LogP contribution in [-0.4, -0.2) is 18.5 Å². The molecule has 1 aromatic heterocycles. The summed E-state index contributed by atoms with van der Waals surface area (Å²) in [7, 11) is 1.66. The Labute approximate surface area is 111 Å². The molecule has 1 aliphatic carbocycles. The average molecular weight is 260 g/mol. The summed E-state index contributed by atoms with van der Waals surface area (Å²) >= 11 is 1.71. The van der Waals surface area contributed by atoms with Crippen molar-refractivity contribution in [1.82, 2.24) is 0 Å². The summed E-state index contributed by atoms with van der Waals surface area (Å²) in [6, 6.07) is 8.25. The number of thiophene rings is 1. The molecule has 3 rings (SSSR count). The van der Waals surface area contributed by atoms with E-state index in [4.69, 9.17) is 4.74 Å². The number of methoxy groups -OCH3 is 1. The number of hydrogen-bond donors (Lipinski definition) is 0. The predicted octanol–water partition coefficient (Wildman–Crippen LogP) is 3.58. The first kappa shape index (κ1) is 11.9. The van der Waals surface area contributed by atoms with Crippen LogP contribution in [-0.2, 0) is 16.0 Å². The van der Waals surface area contributed by atoms with Crippen molar-refractivity contribution in [2.45, 2.75) is 31.3 Å². The first-order valence-corrected chi connectivity index (χ1v) is 7.17. The highest BCUT2D eigenvalue weighted by Crippen LogP contribution is 2.37. The van der Waals surface area contributed by atoms with E-state index in [2.05, 4.69) is 17.5 Å². The Morgan fingerprint density at radius 1 is 1.39 bits per heavy atom. The third-order valence-corrected chi connectivity index (χ3v) is 4.98. The van der Waals surface area contributed by atoms with Gasteiger partial charge in [-0.15, -0.1) is 11.3 Å². The van der Waals surface area contributed by atoms with Crippen molar-refractivity contribution in [1.29, 1.82) is 0 Å². The van der Waals surface area contributed by atoms with Crippen LogP contribution in [0, 0.1) is 0 Å². The van der Waals surface area contributed by atoms with Crippen LogP contribution in [0.3, 0.4) is 0 Å². The van der Waals surface area contributed by atoms with E-state index in [0.29, 0.717) is 6.42 Å². The molecule has 0 radical (unpaired) electrons. The van der Waals surface area contributed by atoms with Gasteiger partial charge in [-0.05, 0) is 41.7 Å². The van der Waals surface area contributed by atoms with Crippen LogP contribution >= 0.6 is 11.3 Å². The minimum atomic E-state index is -0.483. The zero-order valence-corrected chi connectivity index (χ0v) is 11.3. The lowest BCUT2D eigenvalue weighted by Crippen LogP contribution is -2.47. The average Bonchev–Trinajstić information content (AvgIpc) is 2.72. The minimum absolute atomic E-state index is 0.236. The van der Waals surface area contributed by atoms with Crippen molar-refractivity contribution < 1.29 is 9.53 Å². The third kappa shape index (κ3) is 1.78. The van der Waals surface area contributed by atoms with Crippen molar-refractivity contribution in [2.24, 2.45) is 0 Å². The molecule has 18 heavy (non-hydrogen) atoms. The largest absolute Gasteiger partial charge is 0.370 e. The summed E-state index contributed by atoms with van der Waals surface area (Å²) in [6.45, 7) is 0. The van der Waals surface area contributed by atoms with Gasteiger partial charge in [0, 0.05) is 18.2 Å². The minimum Gasteiger partial charge on any atom is -0.370 e. The van der Waals surface area contributed by atoms with Gasteiger partial charge in [-0.25, -0.2) is 0 Å². The molecule has 1 aliphatic rings. The molecule has 1 saturated carbocycles. The van der Waals surface area contributed by atoms with Crippen LogP contribution in [0.15, 0.2) is 29.6 Å². The number of ether oxygens (including phenoxy) is 1. The van der Waals surface area contributed by atoms with E-state index in [-0.39, 0.29) is 5.78 Å². The second kappa shape index (κ2) is 4.48. The normalized spacial score (nSPS) is 17.6. The summed E-state index contributed by atoms with van der Waals surface area (Å²) in [6.07, 6.45) is 3.36. The van der Waals surface area contributed by atoms with E-state index in [9.17, 15) is 4.79 Å². The van der Waals surface area contributed by atoms with Crippen molar-refractivity contribution in [2.75, 3.05) is 7.11 Å². The van der Waals surface area contributed by atoms with Gasteiger partial charge in [-0.3, -0.25) is 4.79 Å². The van der Waals surface area contributed by atoms with Crippen LogP contribution in [0.5, 0.6) is 0 Å². The maximum atomic E-state index is 12.4. The fourth-order valence-corrected chi connectivity index (χ4v) is 3.56. The second-order valence-corrected chi connectivity index (χ2v) is 5.82. The first-order chi connectivity index (χ1) is 8.75. The van der Waals surface area contributed by atoms with Crippen LogP contribution in [0.25, 0.3) is 10.1 Å². The number of carbonyl (C=O) groups is 1. The van der Waals surface area contributed by atoms with Gasteiger partial charge in [-0.1, -0.05) is 18.2 Å². The van der Waals surface area contributed by atoms with E-state index in [1.54, 1.807) is 18.4 Å². The van der Waals surface area contributed by atoms with Gasteiger partial charge in [-0.2, -0.15) is 0 Å². The summed E-state index contributed by atoms with van der Waals surface area (Å²) in [5, 5.41) is 3.31. The van der Waals surface area contributed by atoms with Gasteiger partial charge in [0.25, 0.3) is 0 Å². The number of ketones is 1. The number of rotatable bonds is 4. The fourth-order valence-electron chi connectivity index (χ4n) is 2.60. The third-order valence-electron chi connectivity index (χ3n) is 3.97. The molecule has 3 heteroatoms. The molecule has 0 N–H and O–H groups in total. The fraction of sp³-hybridized carbons (Fsp3) is 0.400. The van der Waals surface area contributed by atoms with E-state index in [0.717, 1.165) is 24.8 Å². The SMILES string of the molecule is COC1(C(=O)Cc2csc3ccccc23)CCC1. The lowest BCUT2D eigenvalue weighted by molar-refractivity contribution is -0.151. The topological polar surface area (TPSA) is 26.3 Å². The number of benzene rings is 1. The lowest BCUT2D eigenvalue weighted by Gasteiger charge is -2.38. The van der Waals surface area contributed by atoms with Crippen molar-refractivity contribution in [3.8, 4) is 0 Å². The molecule has 0 aliphatic heterocycles.